The van der Waals surface area contributed by atoms with Gasteiger partial charge in [0.05, 0.1) is 0 Å². The zero-order chi connectivity index (χ0) is 11.3. The molecule has 0 aromatic heterocycles. The van der Waals surface area contributed by atoms with Crippen molar-refractivity contribution in [2.75, 3.05) is 33.3 Å². The van der Waals surface area contributed by atoms with E-state index in [1.807, 2.05) is 0 Å². The van der Waals surface area contributed by atoms with Crippen LogP contribution in [0, 0.1) is 0 Å². The van der Waals surface area contributed by atoms with Gasteiger partial charge >= 0.3 is 11.8 Å². The van der Waals surface area contributed by atoms with Gasteiger partial charge in [-0.05, 0) is 6.92 Å². The predicted octanol–water partition coefficient (Wildman–Crippen LogP) is -1.47. The normalized spacial score (nSPS) is 18.4. The Morgan fingerprint density at radius 1 is 1.40 bits per heavy atom. The number of amides is 2. The number of rotatable bonds is 2. The minimum atomic E-state index is -0.605. The van der Waals surface area contributed by atoms with Crippen molar-refractivity contribution in [3.63, 3.8) is 0 Å². The Morgan fingerprint density at radius 3 is 2.53 bits per heavy atom. The SMILES string of the molecule is COC(C)NC(=O)C(=O)N1CCNCC1. The largest absolute Gasteiger partial charge is 0.362 e. The van der Waals surface area contributed by atoms with E-state index in [1.165, 1.54) is 12.0 Å². The lowest BCUT2D eigenvalue weighted by Gasteiger charge is -2.27. The molecule has 2 amide bonds. The molecule has 1 fully saturated rings. The van der Waals surface area contributed by atoms with Gasteiger partial charge in [0, 0.05) is 33.3 Å². The quantitative estimate of drug-likeness (QED) is 0.436. The third kappa shape index (κ3) is 3.49. The molecule has 1 atom stereocenters. The first-order chi connectivity index (χ1) is 7.15. The summed E-state index contributed by atoms with van der Waals surface area (Å²) in [5, 5.41) is 5.56. The molecule has 2 N–H and O–H groups in total. The smallest absolute Gasteiger partial charge is 0.312 e. The number of piperazine rings is 1. The summed E-state index contributed by atoms with van der Waals surface area (Å²) in [6.07, 6.45) is -0.440. The van der Waals surface area contributed by atoms with Gasteiger partial charge in [-0.25, -0.2) is 0 Å². The molecule has 0 aromatic carbocycles. The molecule has 86 valence electrons. The summed E-state index contributed by atoms with van der Waals surface area (Å²) in [5.41, 5.74) is 0. The van der Waals surface area contributed by atoms with Crippen molar-refractivity contribution >= 4 is 11.8 Å². The van der Waals surface area contributed by atoms with Crippen LogP contribution >= 0.6 is 0 Å². The first-order valence-electron chi connectivity index (χ1n) is 4.98. The molecule has 6 heteroatoms. The fourth-order valence-corrected chi connectivity index (χ4v) is 1.32. The molecular weight excluding hydrogens is 198 g/mol. The Labute approximate surface area is 88.9 Å². The van der Waals surface area contributed by atoms with Gasteiger partial charge in [-0.3, -0.25) is 9.59 Å². The summed E-state index contributed by atoms with van der Waals surface area (Å²) in [6, 6.07) is 0. The van der Waals surface area contributed by atoms with Crippen LogP contribution in [0.25, 0.3) is 0 Å². The highest BCUT2D eigenvalue weighted by Crippen LogP contribution is 1.94. The van der Waals surface area contributed by atoms with E-state index in [9.17, 15) is 9.59 Å². The number of carbonyl (C=O) groups excluding carboxylic acids is 2. The number of hydrogen-bond acceptors (Lipinski definition) is 4. The second-order valence-corrected chi connectivity index (χ2v) is 3.39. The highest BCUT2D eigenvalue weighted by molar-refractivity contribution is 6.35. The van der Waals surface area contributed by atoms with E-state index in [4.69, 9.17) is 4.74 Å². The van der Waals surface area contributed by atoms with Crippen molar-refractivity contribution in [3.8, 4) is 0 Å². The third-order valence-corrected chi connectivity index (χ3v) is 2.29. The fourth-order valence-electron chi connectivity index (χ4n) is 1.32. The van der Waals surface area contributed by atoms with E-state index in [0.717, 1.165) is 13.1 Å². The van der Waals surface area contributed by atoms with Crippen molar-refractivity contribution in [1.29, 1.82) is 0 Å². The molecule has 15 heavy (non-hydrogen) atoms. The summed E-state index contributed by atoms with van der Waals surface area (Å²) < 4.78 is 4.84. The summed E-state index contributed by atoms with van der Waals surface area (Å²) in [4.78, 5) is 24.5. The molecule has 1 unspecified atom stereocenters. The number of nitrogens with zero attached hydrogens (tertiary/aromatic N) is 1. The molecule has 1 heterocycles. The molecule has 0 spiro atoms. The van der Waals surface area contributed by atoms with E-state index < -0.39 is 18.0 Å². The van der Waals surface area contributed by atoms with Crippen LogP contribution in [0.3, 0.4) is 0 Å². The minimum absolute atomic E-state index is 0.440. The Morgan fingerprint density at radius 2 is 2.00 bits per heavy atom. The van der Waals surface area contributed by atoms with Crippen LogP contribution in [-0.4, -0.2) is 56.2 Å². The van der Waals surface area contributed by atoms with Gasteiger partial charge in [-0.2, -0.15) is 0 Å². The Kier molecular flexibility index (Phi) is 4.51. The predicted molar refractivity (Wildman–Crippen MR) is 54.1 cm³/mol. The topological polar surface area (TPSA) is 70.7 Å². The Balaban J connectivity index is 2.41. The third-order valence-electron chi connectivity index (χ3n) is 2.29. The second-order valence-electron chi connectivity index (χ2n) is 3.39. The molecule has 6 nitrogen and oxygen atoms in total. The molecule has 0 aliphatic carbocycles. The summed E-state index contributed by atoms with van der Waals surface area (Å²) >= 11 is 0. The van der Waals surface area contributed by atoms with Gasteiger partial charge in [0.25, 0.3) is 0 Å². The number of ether oxygens (including phenoxy) is 1. The van der Waals surface area contributed by atoms with Gasteiger partial charge in [0.15, 0.2) is 0 Å². The maximum atomic E-state index is 11.6. The average molecular weight is 215 g/mol. The number of hydrogen-bond donors (Lipinski definition) is 2. The van der Waals surface area contributed by atoms with E-state index in [2.05, 4.69) is 10.6 Å². The van der Waals surface area contributed by atoms with Crippen LogP contribution in [0.2, 0.25) is 0 Å². The molecule has 0 bridgehead atoms. The minimum Gasteiger partial charge on any atom is -0.362 e. The van der Waals surface area contributed by atoms with Crippen LogP contribution in [-0.2, 0) is 14.3 Å². The number of nitrogens with one attached hydrogen (secondary N) is 2. The molecule has 1 aliphatic heterocycles. The first-order valence-corrected chi connectivity index (χ1v) is 4.98. The monoisotopic (exact) mass is 215 g/mol. The second kappa shape index (κ2) is 5.67. The molecular formula is C9H17N3O3. The number of methoxy groups -OCH3 is 1. The van der Waals surface area contributed by atoms with Gasteiger partial charge in [0.1, 0.15) is 6.23 Å². The summed E-state index contributed by atoms with van der Waals surface area (Å²) in [7, 11) is 1.47. The highest BCUT2D eigenvalue weighted by atomic mass is 16.5. The van der Waals surface area contributed by atoms with Crippen LogP contribution < -0.4 is 10.6 Å². The van der Waals surface area contributed by atoms with Gasteiger partial charge in [-0.15, -0.1) is 0 Å². The van der Waals surface area contributed by atoms with Crippen molar-refractivity contribution in [2.45, 2.75) is 13.2 Å². The standard InChI is InChI=1S/C9H17N3O3/c1-7(15-2)11-8(13)9(14)12-5-3-10-4-6-12/h7,10H,3-6H2,1-2H3,(H,11,13). The highest BCUT2D eigenvalue weighted by Gasteiger charge is 2.23. The van der Waals surface area contributed by atoms with Gasteiger partial charge in [-0.1, -0.05) is 0 Å². The molecule has 0 saturated carbocycles. The summed E-state index contributed by atoms with van der Waals surface area (Å²) in [6.45, 7) is 4.29. The lowest BCUT2D eigenvalue weighted by Crippen LogP contribution is -2.52. The molecule has 0 aromatic rings. The summed E-state index contributed by atoms with van der Waals surface area (Å²) in [5.74, 6) is -1.09. The molecule has 1 aliphatic rings. The maximum absolute atomic E-state index is 11.6. The van der Waals surface area contributed by atoms with Crippen molar-refractivity contribution in [2.24, 2.45) is 0 Å². The molecule has 0 radical (unpaired) electrons. The Hall–Kier alpha value is -1.14. The van der Waals surface area contributed by atoms with Crippen molar-refractivity contribution in [1.82, 2.24) is 15.5 Å². The van der Waals surface area contributed by atoms with Crippen LogP contribution in [0.4, 0.5) is 0 Å². The van der Waals surface area contributed by atoms with E-state index >= 15 is 0 Å². The van der Waals surface area contributed by atoms with Crippen LogP contribution in [0.5, 0.6) is 0 Å². The average Bonchev–Trinajstić information content (AvgIpc) is 2.29. The zero-order valence-corrected chi connectivity index (χ0v) is 9.08. The molecule has 1 saturated heterocycles. The zero-order valence-electron chi connectivity index (χ0n) is 9.08. The van der Waals surface area contributed by atoms with Crippen molar-refractivity contribution in [3.05, 3.63) is 0 Å². The van der Waals surface area contributed by atoms with Crippen LogP contribution in [0.15, 0.2) is 0 Å². The van der Waals surface area contributed by atoms with E-state index in [-0.39, 0.29) is 0 Å². The lowest BCUT2D eigenvalue weighted by molar-refractivity contribution is -0.147. The molecule has 1 rings (SSSR count). The Bertz CT molecular complexity index is 239. The first kappa shape index (κ1) is 11.9. The lowest BCUT2D eigenvalue weighted by atomic mass is 10.3. The van der Waals surface area contributed by atoms with E-state index in [1.54, 1.807) is 6.92 Å². The van der Waals surface area contributed by atoms with Crippen LogP contribution in [0.1, 0.15) is 6.92 Å². The van der Waals surface area contributed by atoms with Gasteiger partial charge < -0.3 is 20.3 Å². The maximum Gasteiger partial charge on any atom is 0.312 e. The fraction of sp³-hybridized carbons (Fsp3) is 0.778. The van der Waals surface area contributed by atoms with Gasteiger partial charge in [0.2, 0.25) is 0 Å². The van der Waals surface area contributed by atoms with Crippen molar-refractivity contribution < 1.29 is 14.3 Å². The van der Waals surface area contributed by atoms with E-state index in [0.29, 0.717) is 13.1 Å². The number of carbonyl (C=O) groups is 2.